The fourth-order valence-electron chi connectivity index (χ4n) is 1.87. The van der Waals surface area contributed by atoms with Gasteiger partial charge in [-0.05, 0) is 0 Å². The molecular formula is C15H21Cl2NO2Ru. The minimum absolute atomic E-state index is 0.0419. The first kappa shape index (κ1) is 18.6. The van der Waals surface area contributed by atoms with Crippen LogP contribution in [0.4, 0.5) is 0 Å². The number of hydrogen-bond donors (Lipinski definition) is 1. The van der Waals surface area contributed by atoms with Gasteiger partial charge in [-0.2, -0.15) is 0 Å². The van der Waals surface area contributed by atoms with Gasteiger partial charge in [0.1, 0.15) is 0 Å². The van der Waals surface area contributed by atoms with Gasteiger partial charge in [-0.1, -0.05) is 0 Å². The molecule has 1 aromatic carbocycles. The second-order valence-electron chi connectivity index (χ2n) is 4.62. The molecule has 6 heteroatoms. The van der Waals surface area contributed by atoms with E-state index in [0.717, 1.165) is 24.2 Å². The average Bonchev–Trinajstić information content (AvgIpc) is 2.40. The molecule has 0 aliphatic rings. The molecule has 0 fully saturated rings. The Morgan fingerprint density at radius 2 is 2.14 bits per heavy atom. The Kier molecular flexibility index (Phi) is 9.14. The van der Waals surface area contributed by atoms with Gasteiger partial charge in [-0.3, -0.25) is 0 Å². The summed E-state index contributed by atoms with van der Waals surface area (Å²) in [6, 6.07) is 7.72. The van der Waals surface area contributed by atoms with Gasteiger partial charge < -0.3 is 0 Å². The number of carbonyl (C=O) groups excluding carboxylic acids is 1. The molecule has 0 aromatic heterocycles. The first-order valence-electron chi connectivity index (χ1n) is 6.88. The van der Waals surface area contributed by atoms with Crippen molar-refractivity contribution in [2.75, 3.05) is 6.54 Å². The van der Waals surface area contributed by atoms with Gasteiger partial charge in [-0.15, -0.1) is 0 Å². The maximum atomic E-state index is 11.4. The monoisotopic (exact) mass is 419 g/mol. The van der Waals surface area contributed by atoms with Crippen LogP contribution in [0.1, 0.15) is 38.7 Å². The Bertz CT molecular complexity index is 490. The summed E-state index contributed by atoms with van der Waals surface area (Å²) in [5, 5.41) is 2.79. The predicted molar refractivity (Wildman–Crippen MR) is 85.9 cm³/mol. The molecule has 0 saturated carbocycles. The standard InChI is InChI=1S/C15H21NO2.2ClH.Ru/c1-4-16-15(17)11-7-9-13(3)18-14-10-6-5-8-12(14)2;;;/h2,5-6,8,10,13H,4,7,9,11H2,1,3H3,(H,16,17);2*1H;/q;;;+2/p-2/t13-;;;/m0.../s1. The molecule has 1 amide bonds. The van der Waals surface area contributed by atoms with E-state index >= 15 is 0 Å². The zero-order chi connectivity index (χ0) is 15.7. The second-order valence-corrected chi connectivity index (χ2v) is 10.3. The van der Waals surface area contributed by atoms with Crippen molar-refractivity contribution in [3.63, 3.8) is 0 Å². The second kappa shape index (κ2) is 10.3. The minimum atomic E-state index is -1.87. The Morgan fingerprint density at radius 1 is 1.43 bits per heavy atom. The van der Waals surface area contributed by atoms with Crippen molar-refractivity contribution in [1.29, 1.82) is 0 Å². The van der Waals surface area contributed by atoms with Gasteiger partial charge in [0.2, 0.25) is 0 Å². The van der Waals surface area contributed by atoms with Crippen LogP contribution in [0.25, 0.3) is 0 Å². The van der Waals surface area contributed by atoms with Crippen LogP contribution in [0.2, 0.25) is 0 Å². The van der Waals surface area contributed by atoms with Crippen molar-refractivity contribution in [3.8, 4) is 5.75 Å². The molecule has 0 spiro atoms. The van der Waals surface area contributed by atoms with Gasteiger partial charge in [0.25, 0.3) is 0 Å². The summed E-state index contributed by atoms with van der Waals surface area (Å²) in [5.74, 6) is 0.889. The summed E-state index contributed by atoms with van der Waals surface area (Å²) < 4.78 is 7.81. The number of carbonyl (C=O) groups is 1. The van der Waals surface area contributed by atoms with E-state index in [1.807, 2.05) is 42.7 Å². The Labute approximate surface area is 139 Å². The van der Waals surface area contributed by atoms with Crippen molar-refractivity contribution in [1.82, 2.24) is 5.32 Å². The third-order valence-electron chi connectivity index (χ3n) is 2.82. The predicted octanol–water partition coefficient (Wildman–Crippen LogP) is 3.84. The maximum absolute atomic E-state index is 11.4. The molecule has 0 heterocycles. The topological polar surface area (TPSA) is 38.3 Å². The molecule has 0 aliphatic heterocycles. The molecule has 0 radical (unpaired) electrons. The fraction of sp³-hybridized carbons (Fsp3) is 0.467. The number of ether oxygens (including phenoxy) is 1. The number of hydrogen-bond acceptors (Lipinski definition) is 2. The molecule has 1 rings (SSSR count). The molecule has 1 N–H and O–H groups in total. The zero-order valence-corrected chi connectivity index (χ0v) is 15.5. The fourth-order valence-corrected chi connectivity index (χ4v) is 3.67. The van der Waals surface area contributed by atoms with Gasteiger partial charge in [0.05, 0.1) is 0 Å². The van der Waals surface area contributed by atoms with Crippen molar-refractivity contribution >= 4 is 29.9 Å². The quantitative estimate of drug-likeness (QED) is 0.651. The molecule has 1 atom stereocenters. The zero-order valence-electron chi connectivity index (χ0n) is 12.2. The van der Waals surface area contributed by atoms with Crippen LogP contribution >= 0.6 is 19.4 Å². The molecule has 21 heavy (non-hydrogen) atoms. The summed E-state index contributed by atoms with van der Waals surface area (Å²) in [5.41, 5.74) is 0.942. The van der Waals surface area contributed by atoms with Crippen LogP contribution in [0, 0.1) is 0 Å². The van der Waals surface area contributed by atoms with E-state index in [-0.39, 0.29) is 12.0 Å². The van der Waals surface area contributed by atoms with Crippen LogP contribution < -0.4 is 10.1 Å². The Morgan fingerprint density at radius 3 is 2.81 bits per heavy atom. The van der Waals surface area contributed by atoms with Gasteiger partial charge >= 0.3 is 140 Å². The van der Waals surface area contributed by atoms with E-state index in [2.05, 4.69) is 5.32 Å². The number of amides is 1. The van der Waals surface area contributed by atoms with Crippen LogP contribution in [0.15, 0.2) is 24.3 Å². The third kappa shape index (κ3) is 7.94. The number of rotatable bonds is 8. The molecule has 0 saturated heterocycles. The van der Waals surface area contributed by atoms with Crippen molar-refractivity contribution in [2.45, 2.75) is 39.2 Å². The number of nitrogens with one attached hydrogen (secondary N) is 1. The first-order valence-corrected chi connectivity index (χ1v) is 12.4. The van der Waals surface area contributed by atoms with Gasteiger partial charge in [-0.25, -0.2) is 0 Å². The number of halogens is 2. The van der Waals surface area contributed by atoms with Gasteiger partial charge in [0, 0.05) is 0 Å². The van der Waals surface area contributed by atoms with E-state index < -0.39 is 13.5 Å². The summed E-state index contributed by atoms with van der Waals surface area (Å²) in [7, 11) is 11.8. The third-order valence-corrected chi connectivity index (χ3v) is 4.66. The van der Waals surface area contributed by atoms with Crippen LogP contribution in [-0.2, 0) is 18.3 Å². The van der Waals surface area contributed by atoms with E-state index in [1.165, 1.54) is 0 Å². The molecule has 0 aliphatic carbocycles. The molecule has 120 valence electrons. The summed E-state index contributed by atoms with van der Waals surface area (Å²) in [6.45, 7) is 4.60. The molecule has 1 aromatic rings. The summed E-state index contributed by atoms with van der Waals surface area (Å²) in [4.78, 5) is 11.4. The van der Waals surface area contributed by atoms with E-state index in [0.29, 0.717) is 13.0 Å². The number of benzene rings is 1. The van der Waals surface area contributed by atoms with Crippen LogP contribution in [-0.4, -0.2) is 23.2 Å². The van der Waals surface area contributed by atoms with E-state index in [9.17, 15) is 4.79 Å². The summed E-state index contributed by atoms with van der Waals surface area (Å²) in [6.07, 6.45) is 2.21. The van der Waals surface area contributed by atoms with Crippen LogP contribution in [0.5, 0.6) is 5.75 Å². The van der Waals surface area contributed by atoms with Crippen molar-refractivity contribution < 1.29 is 23.0 Å². The molecule has 0 bridgehead atoms. The summed E-state index contributed by atoms with van der Waals surface area (Å²) >= 11 is -1.87. The normalized spacial score (nSPS) is 12.5. The van der Waals surface area contributed by atoms with E-state index in [4.69, 9.17) is 24.1 Å². The SMILES string of the molecule is CCNC(=O)CCC[C@H](C)Oc1ccccc1[CH]=[Ru]([Cl])[Cl]. The van der Waals surface area contributed by atoms with Crippen LogP contribution in [0.3, 0.4) is 0 Å². The average molecular weight is 419 g/mol. The van der Waals surface area contributed by atoms with Crippen molar-refractivity contribution in [3.05, 3.63) is 29.8 Å². The molecule has 0 unspecified atom stereocenters. The van der Waals surface area contributed by atoms with Crippen molar-refractivity contribution in [2.24, 2.45) is 0 Å². The van der Waals surface area contributed by atoms with Gasteiger partial charge in [0.15, 0.2) is 0 Å². The molecular weight excluding hydrogens is 398 g/mol. The Hall–Kier alpha value is -0.437. The Balaban J connectivity index is 2.50. The first-order chi connectivity index (χ1) is 10.0. The number of para-hydroxylation sites is 1. The van der Waals surface area contributed by atoms with E-state index in [1.54, 1.807) is 0 Å². The molecule has 3 nitrogen and oxygen atoms in total.